The molecule has 0 fully saturated rings. The van der Waals surface area contributed by atoms with E-state index in [0.29, 0.717) is 5.56 Å². The second-order valence-electron chi connectivity index (χ2n) is 5.93. The highest BCUT2D eigenvalue weighted by atomic mass is 15.1. The highest BCUT2D eigenvalue weighted by Gasteiger charge is 2.02. The topological polar surface area (TPSA) is 27.0 Å². The van der Waals surface area contributed by atoms with Crippen molar-refractivity contribution < 1.29 is 0 Å². The molecule has 2 heteroatoms. The predicted octanol–water partition coefficient (Wildman–Crippen LogP) is 4.89. The third kappa shape index (κ3) is 5.23. The van der Waals surface area contributed by atoms with Crippen LogP contribution < -0.4 is 0 Å². The van der Waals surface area contributed by atoms with Crippen molar-refractivity contribution in [2.45, 2.75) is 33.1 Å². The number of hydrogen-bond acceptors (Lipinski definition) is 2. The van der Waals surface area contributed by atoms with Gasteiger partial charge >= 0.3 is 0 Å². The third-order valence-electron chi connectivity index (χ3n) is 4.21. The maximum atomic E-state index is 9.00. The Bertz CT molecular complexity index is 638. The lowest BCUT2D eigenvalue weighted by atomic mass is 10.0. The molecule has 0 aliphatic rings. The average molecular weight is 306 g/mol. The van der Waals surface area contributed by atoms with Gasteiger partial charge in [-0.05, 0) is 67.7 Å². The van der Waals surface area contributed by atoms with E-state index < -0.39 is 0 Å². The van der Waals surface area contributed by atoms with E-state index in [2.05, 4.69) is 55.1 Å². The van der Waals surface area contributed by atoms with Gasteiger partial charge in [0.25, 0.3) is 0 Å². The summed E-state index contributed by atoms with van der Waals surface area (Å²) in [5.74, 6) is 0. The molecule has 0 heterocycles. The first-order chi connectivity index (χ1) is 11.3. The molecule has 0 saturated heterocycles. The molecule has 0 saturated carbocycles. The van der Waals surface area contributed by atoms with Gasteiger partial charge < -0.3 is 4.90 Å². The van der Waals surface area contributed by atoms with Gasteiger partial charge in [0.15, 0.2) is 0 Å². The normalized spacial score (nSPS) is 10.7. The molecule has 0 atom stereocenters. The highest BCUT2D eigenvalue weighted by Crippen LogP contribution is 2.21. The van der Waals surface area contributed by atoms with Crippen molar-refractivity contribution in [2.24, 2.45) is 0 Å². The molecule has 0 bridgehead atoms. The molecule has 0 amide bonds. The molecule has 0 N–H and O–H groups in total. The number of nitrogens with zero attached hydrogens (tertiary/aromatic N) is 2. The molecule has 2 aromatic rings. The van der Waals surface area contributed by atoms with Crippen LogP contribution in [0.2, 0.25) is 0 Å². The predicted molar refractivity (Wildman–Crippen MR) is 97.3 cm³/mol. The monoisotopic (exact) mass is 306 g/mol. The maximum Gasteiger partial charge on any atom is 0.0991 e. The van der Waals surface area contributed by atoms with E-state index in [0.717, 1.165) is 18.5 Å². The molecule has 23 heavy (non-hydrogen) atoms. The highest BCUT2D eigenvalue weighted by molar-refractivity contribution is 5.65. The zero-order valence-corrected chi connectivity index (χ0v) is 14.3. The molecule has 0 aliphatic heterocycles. The lowest BCUT2D eigenvalue weighted by Gasteiger charge is -2.19. The van der Waals surface area contributed by atoms with Crippen molar-refractivity contribution in [2.75, 3.05) is 19.6 Å². The second kappa shape index (κ2) is 9.12. The Balaban J connectivity index is 1.93. The molecule has 2 rings (SSSR count). The molecule has 0 radical (unpaired) electrons. The van der Waals surface area contributed by atoms with Gasteiger partial charge in [0.2, 0.25) is 0 Å². The van der Waals surface area contributed by atoms with Gasteiger partial charge in [-0.2, -0.15) is 5.26 Å². The van der Waals surface area contributed by atoms with Crippen LogP contribution in [0.1, 0.15) is 37.8 Å². The van der Waals surface area contributed by atoms with Crippen LogP contribution in [0.4, 0.5) is 0 Å². The first-order valence-corrected chi connectivity index (χ1v) is 8.58. The van der Waals surface area contributed by atoms with Gasteiger partial charge in [-0.25, -0.2) is 0 Å². The fourth-order valence-electron chi connectivity index (χ4n) is 2.88. The molecule has 2 nitrogen and oxygen atoms in total. The number of benzene rings is 2. The number of aryl methyl sites for hydroxylation is 1. The van der Waals surface area contributed by atoms with Crippen LogP contribution in [0.5, 0.6) is 0 Å². The minimum Gasteiger partial charge on any atom is -0.304 e. The number of rotatable bonds is 8. The van der Waals surface area contributed by atoms with Crippen LogP contribution in [0.15, 0.2) is 48.5 Å². The van der Waals surface area contributed by atoms with Gasteiger partial charge in [0.05, 0.1) is 11.6 Å². The molecule has 2 aromatic carbocycles. The summed E-state index contributed by atoms with van der Waals surface area (Å²) in [5.41, 5.74) is 4.38. The third-order valence-corrected chi connectivity index (χ3v) is 4.21. The van der Waals surface area contributed by atoms with Crippen LogP contribution in [0.25, 0.3) is 11.1 Å². The van der Waals surface area contributed by atoms with Crippen LogP contribution in [-0.2, 0) is 6.42 Å². The Hall–Kier alpha value is -2.11. The minimum absolute atomic E-state index is 0.710. The zero-order valence-electron chi connectivity index (χ0n) is 14.3. The van der Waals surface area contributed by atoms with E-state index in [-0.39, 0.29) is 0 Å². The summed E-state index contributed by atoms with van der Waals surface area (Å²) in [6, 6.07) is 18.7. The molecular formula is C21H26N2. The van der Waals surface area contributed by atoms with Crippen LogP contribution in [0.3, 0.4) is 0 Å². The van der Waals surface area contributed by atoms with Crippen molar-refractivity contribution in [3.63, 3.8) is 0 Å². The van der Waals surface area contributed by atoms with E-state index in [1.54, 1.807) is 0 Å². The Morgan fingerprint density at radius 2 is 1.74 bits per heavy atom. The van der Waals surface area contributed by atoms with E-state index in [1.165, 1.54) is 37.1 Å². The van der Waals surface area contributed by atoms with Crippen LogP contribution in [-0.4, -0.2) is 24.5 Å². The Kier molecular flexibility index (Phi) is 6.84. The van der Waals surface area contributed by atoms with Crippen molar-refractivity contribution in [1.82, 2.24) is 4.90 Å². The van der Waals surface area contributed by atoms with E-state index >= 15 is 0 Å². The van der Waals surface area contributed by atoms with Gasteiger partial charge in [0.1, 0.15) is 0 Å². The SMILES string of the molecule is CCCN(CC)CCCc1ccc(-c2cccc(C#N)c2)cc1. The Morgan fingerprint density at radius 3 is 2.39 bits per heavy atom. The van der Waals surface area contributed by atoms with Crippen LogP contribution >= 0.6 is 0 Å². The maximum absolute atomic E-state index is 9.00. The largest absolute Gasteiger partial charge is 0.304 e. The molecule has 0 spiro atoms. The first kappa shape index (κ1) is 17.2. The van der Waals surface area contributed by atoms with Crippen molar-refractivity contribution in [1.29, 1.82) is 5.26 Å². The van der Waals surface area contributed by atoms with Gasteiger partial charge in [-0.3, -0.25) is 0 Å². The Labute approximate surface area is 140 Å². The lowest BCUT2D eigenvalue weighted by Crippen LogP contribution is -2.25. The summed E-state index contributed by atoms with van der Waals surface area (Å²) in [6.45, 7) is 7.99. The summed E-state index contributed by atoms with van der Waals surface area (Å²) in [5, 5.41) is 9.00. The average Bonchev–Trinajstić information content (AvgIpc) is 2.61. The van der Waals surface area contributed by atoms with Crippen LogP contribution in [0, 0.1) is 11.3 Å². The fourth-order valence-corrected chi connectivity index (χ4v) is 2.88. The van der Waals surface area contributed by atoms with Crippen molar-refractivity contribution in [3.05, 3.63) is 59.7 Å². The zero-order chi connectivity index (χ0) is 16.5. The van der Waals surface area contributed by atoms with Gasteiger partial charge in [-0.15, -0.1) is 0 Å². The van der Waals surface area contributed by atoms with E-state index in [9.17, 15) is 0 Å². The summed E-state index contributed by atoms with van der Waals surface area (Å²) in [4.78, 5) is 2.52. The number of hydrogen-bond donors (Lipinski definition) is 0. The van der Waals surface area contributed by atoms with E-state index in [1.807, 2.05) is 18.2 Å². The summed E-state index contributed by atoms with van der Waals surface area (Å²) in [6.07, 6.45) is 3.56. The second-order valence-corrected chi connectivity index (χ2v) is 5.93. The van der Waals surface area contributed by atoms with Crippen molar-refractivity contribution in [3.8, 4) is 17.2 Å². The standard InChI is InChI=1S/C21H26N2/c1-3-14-23(4-2)15-6-8-18-10-12-20(13-11-18)21-9-5-7-19(16-21)17-22/h5,7,9-13,16H,3-4,6,8,14-15H2,1-2H3. The number of nitriles is 1. The van der Waals surface area contributed by atoms with Gasteiger partial charge in [-0.1, -0.05) is 50.2 Å². The molecule has 120 valence electrons. The summed E-state index contributed by atoms with van der Waals surface area (Å²) >= 11 is 0. The molecule has 0 aliphatic carbocycles. The van der Waals surface area contributed by atoms with Crippen molar-refractivity contribution >= 4 is 0 Å². The fraction of sp³-hybridized carbons (Fsp3) is 0.381. The summed E-state index contributed by atoms with van der Waals surface area (Å²) < 4.78 is 0. The Morgan fingerprint density at radius 1 is 0.957 bits per heavy atom. The van der Waals surface area contributed by atoms with Gasteiger partial charge in [0, 0.05) is 0 Å². The quantitative estimate of drug-likeness (QED) is 0.694. The molecule has 0 aromatic heterocycles. The smallest absolute Gasteiger partial charge is 0.0991 e. The lowest BCUT2D eigenvalue weighted by molar-refractivity contribution is 0.285. The molecule has 0 unspecified atom stereocenters. The minimum atomic E-state index is 0.710. The summed E-state index contributed by atoms with van der Waals surface area (Å²) in [7, 11) is 0. The van der Waals surface area contributed by atoms with E-state index in [4.69, 9.17) is 5.26 Å². The first-order valence-electron chi connectivity index (χ1n) is 8.58. The molecular weight excluding hydrogens is 280 g/mol.